The Morgan fingerprint density at radius 1 is 1.09 bits per heavy atom. The number of imide groups is 1. The van der Waals surface area contributed by atoms with Crippen LogP contribution in [0.4, 0.5) is 13.2 Å². The number of amides is 3. The van der Waals surface area contributed by atoms with E-state index in [1.165, 1.54) is 29.2 Å². The molecule has 0 spiro atoms. The smallest absolute Gasteiger partial charge is 0.416 e. The zero-order chi connectivity index (χ0) is 23.3. The molecule has 3 amide bonds. The largest absolute Gasteiger partial charge is 0.491 e. The first-order valence-corrected chi connectivity index (χ1v) is 9.82. The van der Waals surface area contributed by atoms with Gasteiger partial charge in [-0.2, -0.15) is 13.2 Å². The van der Waals surface area contributed by atoms with Crippen LogP contribution in [0.2, 0.25) is 0 Å². The Balaban J connectivity index is 1.46. The monoisotopic (exact) mass is 450 g/mol. The average Bonchev–Trinajstić information content (AvgIpc) is 3.08. The molecule has 1 aliphatic rings. The highest BCUT2D eigenvalue weighted by Crippen LogP contribution is 2.31. The molecule has 2 aromatic carbocycles. The normalized spacial score (nSPS) is 15.1. The first kappa shape index (κ1) is 23.3. The van der Waals surface area contributed by atoms with Crippen LogP contribution in [0.25, 0.3) is 0 Å². The molecule has 0 radical (unpaired) electrons. The number of ether oxygens (including phenoxy) is 1. The standard InChI is InChI=1S/C22H21F3N2O5/c23-22(24,25)16-2-1-3-18(10-16)32-13-17(28)11-26-21(31)15-6-4-14(5-7-15)12-27-19(29)8-9-20(27)30/h1-7,10,17,28H,8-9,11-13H2,(H,26,31). The highest BCUT2D eigenvalue weighted by atomic mass is 19.4. The molecule has 1 unspecified atom stereocenters. The van der Waals surface area contributed by atoms with Crippen LogP contribution >= 0.6 is 0 Å². The molecule has 10 heteroatoms. The number of nitrogens with one attached hydrogen (secondary N) is 1. The number of carbonyl (C=O) groups is 3. The molecule has 1 aliphatic heterocycles. The number of alkyl halides is 3. The minimum atomic E-state index is -4.50. The van der Waals surface area contributed by atoms with Gasteiger partial charge in [-0.05, 0) is 35.9 Å². The molecule has 7 nitrogen and oxygen atoms in total. The van der Waals surface area contributed by atoms with Gasteiger partial charge in [0.25, 0.3) is 5.91 Å². The van der Waals surface area contributed by atoms with Crippen LogP contribution in [-0.4, -0.2) is 47.0 Å². The lowest BCUT2D eigenvalue weighted by Gasteiger charge is -2.15. The average molecular weight is 450 g/mol. The highest BCUT2D eigenvalue weighted by Gasteiger charge is 2.31. The molecule has 32 heavy (non-hydrogen) atoms. The lowest BCUT2D eigenvalue weighted by Crippen LogP contribution is -2.35. The van der Waals surface area contributed by atoms with Crippen LogP contribution in [-0.2, 0) is 22.3 Å². The van der Waals surface area contributed by atoms with Gasteiger partial charge in [-0.25, -0.2) is 0 Å². The summed E-state index contributed by atoms with van der Waals surface area (Å²) < 4.78 is 43.3. The number of nitrogens with zero attached hydrogens (tertiary/aromatic N) is 1. The lowest BCUT2D eigenvalue weighted by molar-refractivity contribution is -0.139. The molecule has 0 bridgehead atoms. The van der Waals surface area contributed by atoms with E-state index in [1.807, 2.05) is 0 Å². The first-order valence-electron chi connectivity index (χ1n) is 9.82. The van der Waals surface area contributed by atoms with Gasteiger partial charge in [0.05, 0.1) is 12.1 Å². The van der Waals surface area contributed by atoms with Crippen molar-refractivity contribution < 1.29 is 37.4 Å². The van der Waals surface area contributed by atoms with Gasteiger partial charge in [-0.15, -0.1) is 0 Å². The van der Waals surface area contributed by atoms with Crippen LogP contribution in [0.5, 0.6) is 5.75 Å². The molecule has 3 rings (SSSR count). The molecule has 0 aromatic heterocycles. The summed E-state index contributed by atoms with van der Waals surface area (Å²) in [5.74, 6) is -0.963. The van der Waals surface area contributed by atoms with Crippen LogP contribution in [0.15, 0.2) is 48.5 Å². The maximum Gasteiger partial charge on any atom is 0.416 e. The Hall–Kier alpha value is -3.40. The highest BCUT2D eigenvalue weighted by molar-refractivity contribution is 6.01. The molecule has 1 fully saturated rings. The van der Waals surface area contributed by atoms with E-state index in [-0.39, 0.29) is 50.1 Å². The van der Waals surface area contributed by atoms with Crippen molar-refractivity contribution in [1.29, 1.82) is 0 Å². The summed E-state index contributed by atoms with van der Waals surface area (Å²) >= 11 is 0. The number of aliphatic hydroxyl groups excluding tert-OH is 1. The number of likely N-dealkylation sites (tertiary alicyclic amines) is 1. The summed E-state index contributed by atoms with van der Waals surface area (Å²) in [5.41, 5.74) is 0.137. The molecule has 170 valence electrons. The van der Waals surface area contributed by atoms with Gasteiger partial charge in [0.2, 0.25) is 11.8 Å². The zero-order valence-corrected chi connectivity index (χ0v) is 16.9. The van der Waals surface area contributed by atoms with Gasteiger partial charge >= 0.3 is 6.18 Å². The second-order valence-electron chi connectivity index (χ2n) is 7.27. The maximum absolute atomic E-state index is 12.7. The molecule has 2 N–H and O–H groups in total. The van der Waals surface area contributed by atoms with E-state index in [4.69, 9.17) is 4.74 Å². The van der Waals surface area contributed by atoms with Crippen molar-refractivity contribution in [2.45, 2.75) is 31.7 Å². The fraction of sp³-hybridized carbons (Fsp3) is 0.318. The fourth-order valence-corrected chi connectivity index (χ4v) is 3.07. The summed E-state index contributed by atoms with van der Waals surface area (Å²) in [5, 5.41) is 12.5. The first-order chi connectivity index (χ1) is 15.1. The lowest BCUT2D eigenvalue weighted by atomic mass is 10.1. The molecular weight excluding hydrogens is 429 g/mol. The van der Waals surface area contributed by atoms with E-state index in [0.717, 1.165) is 12.1 Å². The minimum Gasteiger partial charge on any atom is -0.491 e. The molecule has 0 saturated carbocycles. The summed E-state index contributed by atoms with van der Waals surface area (Å²) in [7, 11) is 0. The number of rotatable bonds is 8. The summed E-state index contributed by atoms with van der Waals surface area (Å²) in [4.78, 5) is 36.8. The van der Waals surface area contributed by atoms with E-state index >= 15 is 0 Å². The Labute approximate surface area is 181 Å². The third kappa shape index (κ3) is 6.07. The number of halogens is 3. The predicted octanol–water partition coefficient (Wildman–Crippen LogP) is 2.52. The van der Waals surface area contributed by atoms with E-state index in [1.54, 1.807) is 12.1 Å². The molecule has 1 heterocycles. The third-order valence-electron chi connectivity index (χ3n) is 4.81. The molecule has 0 aliphatic carbocycles. The molecular formula is C22H21F3N2O5. The SMILES string of the molecule is O=C(NCC(O)COc1cccc(C(F)(F)F)c1)c1ccc(CN2C(=O)CCC2=O)cc1. The van der Waals surface area contributed by atoms with Crippen molar-refractivity contribution in [2.24, 2.45) is 0 Å². The number of hydrogen-bond acceptors (Lipinski definition) is 5. The molecule has 1 atom stereocenters. The van der Waals surface area contributed by atoms with Crippen LogP contribution < -0.4 is 10.1 Å². The van der Waals surface area contributed by atoms with Crippen molar-refractivity contribution in [3.05, 3.63) is 65.2 Å². The number of hydrogen-bond donors (Lipinski definition) is 2. The van der Waals surface area contributed by atoms with Gasteiger partial charge in [0, 0.05) is 24.9 Å². The van der Waals surface area contributed by atoms with Crippen LogP contribution in [0, 0.1) is 0 Å². The van der Waals surface area contributed by atoms with Gasteiger partial charge in [0.1, 0.15) is 18.5 Å². The summed E-state index contributed by atoms with van der Waals surface area (Å²) in [6.45, 7) is -0.333. The Morgan fingerprint density at radius 3 is 2.38 bits per heavy atom. The van der Waals surface area contributed by atoms with Crippen LogP contribution in [0.3, 0.4) is 0 Å². The topological polar surface area (TPSA) is 95.9 Å². The Bertz CT molecular complexity index is 976. The summed E-state index contributed by atoms with van der Waals surface area (Å²) in [6, 6.07) is 10.6. The number of aliphatic hydroxyl groups is 1. The summed E-state index contributed by atoms with van der Waals surface area (Å²) in [6.07, 6.45) is -5.22. The van der Waals surface area contributed by atoms with Crippen molar-refractivity contribution in [3.8, 4) is 5.75 Å². The van der Waals surface area contributed by atoms with E-state index in [9.17, 15) is 32.7 Å². The van der Waals surface area contributed by atoms with Crippen LogP contribution in [0.1, 0.15) is 34.3 Å². The minimum absolute atomic E-state index is 0.0456. The number of carbonyl (C=O) groups excluding carboxylic acids is 3. The third-order valence-corrected chi connectivity index (χ3v) is 4.81. The van der Waals surface area contributed by atoms with Gasteiger partial charge in [0.15, 0.2) is 0 Å². The van der Waals surface area contributed by atoms with Gasteiger partial charge in [-0.1, -0.05) is 18.2 Å². The van der Waals surface area contributed by atoms with Gasteiger partial charge < -0.3 is 15.2 Å². The van der Waals surface area contributed by atoms with E-state index in [0.29, 0.717) is 11.1 Å². The number of benzene rings is 2. The predicted molar refractivity (Wildman–Crippen MR) is 107 cm³/mol. The van der Waals surface area contributed by atoms with E-state index in [2.05, 4.69) is 5.32 Å². The van der Waals surface area contributed by atoms with Crippen molar-refractivity contribution in [1.82, 2.24) is 10.2 Å². The zero-order valence-electron chi connectivity index (χ0n) is 16.9. The molecule has 2 aromatic rings. The molecule has 1 saturated heterocycles. The quantitative estimate of drug-likeness (QED) is 0.603. The van der Waals surface area contributed by atoms with Crippen molar-refractivity contribution in [3.63, 3.8) is 0 Å². The Kier molecular flexibility index (Phi) is 7.14. The van der Waals surface area contributed by atoms with Crippen molar-refractivity contribution in [2.75, 3.05) is 13.2 Å². The maximum atomic E-state index is 12.7. The second kappa shape index (κ2) is 9.82. The second-order valence-corrected chi connectivity index (χ2v) is 7.27. The van der Waals surface area contributed by atoms with E-state index < -0.39 is 23.8 Å². The van der Waals surface area contributed by atoms with Crippen molar-refractivity contribution >= 4 is 17.7 Å². The Morgan fingerprint density at radius 2 is 1.75 bits per heavy atom. The van der Waals surface area contributed by atoms with Gasteiger partial charge in [-0.3, -0.25) is 19.3 Å². The fourth-order valence-electron chi connectivity index (χ4n) is 3.07.